The summed E-state index contributed by atoms with van der Waals surface area (Å²) in [6, 6.07) is 1.86. The molecule has 2 aromatic rings. The second-order valence-electron chi connectivity index (χ2n) is 5.32. The third-order valence-electron chi connectivity index (χ3n) is 3.68. The van der Waals surface area contributed by atoms with Crippen LogP contribution in [0.1, 0.15) is 29.0 Å². The van der Waals surface area contributed by atoms with Crippen molar-refractivity contribution >= 4 is 27.8 Å². The molecule has 3 rings (SSSR count). The Morgan fingerprint density at radius 1 is 1.45 bits per heavy atom. The quantitative estimate of drug-likeness (QED) is 0.864. The van der Waals surface area contributed by atoms with E-state index in [-0.39, 0.29) is 11.9 Å². The van der Waals surface area contributed by atoms with E-state index >= 15 is 0 Å². The number of carbonyl (C=O) groups excluding carboxylic acids is 1. The van der Waals surface area contributed by atoms with Crippen LogP contribution >= 0.6 is 15.9 Å². The molecule has 116 valence electrons. The summed E-state index contributed by atoms with van der Waals surface area (Å²) in [6.07, 6.45) is 5.39. The minimum atomic E-state index is -0.169. The molecule has 1 fully saturated rings. The van der Waals surface area contributed by atoms with E-state index in [9.17, 15) is 4.79 Å². The van der Waals surface area contributed by atoms with E-state index in [0.29, 0.717) is 22.7 Å². The van der Waals surface area contributed by atoms with E-state index in [1.54, 1.807) is 18.5 Å². The Morgan fingerprint density at radius 2 is 2.23 bits per heavy atom. The molecule has 0 aliphatic carbocycles. The Hall–Kier alpha value is -1.96. The van der Waals surface area contributed by atoms with Gasteiger partial charge in [0.1, 0.15) is 0 Å². The number of halogens is 1. The number of piperidine rings is 1. The van der Waals surface area contributed by atoms with Crippen molar-refractivity contribution in [3.8, 4) is 0 Å². The molecule has 7 nitrogen and oxygen atoms in total. The van der Waals surface area contributed by atoms with Crippen molar-refractivity contribution in [3.05, 3.63) is 34.3 Å². The topological polar surface area (TPSA) is 86.8 Å². The Morgan fingerprint density at radius 3 is 2.91 bits per heavy atom. The summed E-state index contributed by atoms with van der Waals surface area (Å²) in [5.74, 6) is 0.537. The van der Waals surface area contributed by atoms with Crippen molar-refractivity contribution in [3.63, 3.8) is 0 Å². The predicted octanol–water partition coefficient (Wildman–Crippen LogP) is 1.67. The van der Waals surface area contributed by atoms with Gasteiger partial charge < -0.3 is 10.2 Å². The number of aromatic nitrogens is 4. The lowest BCUT2D eigenvalue weighted by atomic mass is 10.1. The third kappa shape index (κ3) is 3.11. The molecule has 1 saturated heterocycles. The van der Waals surface area contributed by atoms with Crippen molar-refractivity contribution in [1.82, 2.24) is 25.5 Å². The van der Waals surface area contributed by atoms with Crippen molar-refractivity contribution < 1.29 is 4.79 Å². The average Bonchev–Trinajstić information content (AvgIpc) is 2.88. The number of aryl methyl sites for hydroxylation is 1. The van der Waals surface area contributed by atoms with Crippen LogP contribution in [0.15, 0.2) is 22.9 Å². The van der Waals surface area contributed by atoms with Gasteiger partial charge in [-0.2, -0.15) is 5.10 Å². The van der Waals surface area contributed by atoms with Gasteiger partial charge in [-0.05, 0) is 41.8 Å². The summed E-state index contributed by atoms with van der Waals surface area (Å²) in [5, 5.41) is 9.88. The van der Waals surface area contributed by atoms with E-state index in [1.807, 2.05) is 6.92 Å². The minimum absolute atomic E-state index is 0.0639. The Balaban J connectivity index is 1.65. The highest BCUT2D eigenvalue weighted by molar-refractivity contribution is 9.10. The van der Waals surface area contributed by atoms with Gasteiger partial charge >= 0.3 is 0 Å². The van der Waals surface area contributed by atoms with Crippen molar-refractivity contribution in [1.29, 1.82) is 0 Å². The Bertz CT molecular complexity index is 659. The lowest BCUT2D eigenvalue weighted by Gasteiger charge is -2.32. The fraction of sp³-hybridized carbons (Fsp3) is 0.429. The molecule has 3 heterocycles. The fourth-order valence-corrected chi connectivity index (χ4v) is 2.91. The van der Waals surface area contributed by atoms with E-state index in [1.165, 1.54) is 0 Å². The van der Waals surface area contributed by atoms with Gasteiger partial charge in [0.2, 0.25) is 5.95 Å². The monoisotopic (exact) mass is 364 g/mol. The van der Waals surface area contributed by atoms with Crippen LogP contribution in [0.3, 0.4) is 0 Å². The summed E-state index contributed by atoms with van der Waals surface area (Å²) in [4.78, 5) is 23.0. The van der Waals surface area contributed by atoms with E-state index in [0.717, 1.165) is 25.1 Å². The number of amides is 1. The Labute approximate surface area is 136 Å². The number of nitrogens with one attached hydrogen (secondary N) is 2. The van der Waals surface area contributed by atoms with E-state index in [4.69, 9.17) is 0 Å². The normalized spacial score (nSPS) is 18.3. The van der Waals surface area contributed by atoms with Crippen LogP contribution in [0.4, 0.5) is 5.95 Å². The summed E-state index contributed by atoms with van der Waals surface area (Å²) in [7, 11) is 0. The van der Waals surface area contributed by atoms with Gasteiger partial charge in [0, 0.05) is 37.2 Å². The first-order valence-electron chi connectivity index (χ1n) is 7.18. The standard InChI is InChI=1S/C14H17BrN6O/c1-9-11(15)12(20-19-9)13(22)18-10-4-2-7-21(8-10)14-16-5-3-6-17-14/h3,5-6,10H,2,4,7-8H2,1H3,(H,18,22)(H,19,20). The van der Waals surface area contributed by atoms with Crippen LogP contribution < -0.4 is 10.2 Å². The molecule has 1 aliphatic heterocycles. The average molecular weight is 365 g/mol. The number of H-pyrrole nitrogens is 1. The highest BCUT2D eigenvalue weighted by atomic mass is 79.9. The molecule has 0 bridgehead atoms. The van der Waals surface area contributed by atoms with Gasteiger partial charge in [-0.3, -0.25) is 9.89 Å². The van der Waals surface area contributed by atoms with E-state index in [2.05, 4.69) is 46.3 Å². The molecule has 1 unspecified atom stereocenters. The van der Waals surface area contributed by atoms with Crippen LogP contribution in [-0.4, -0.2) is 45.2 Å². The summed E-state index contributed by atoms with van der Waals surface area (Å²) >= 11 is 3.38. The van der Waals surface area contributed by atoms with E-state index < -0.39 is 0 Å². The second-order valence-corrected chi connectivity index (χ2v) is 6.11. The molecular formula is C14H17BrN6O. The predicted molar refractivity (Wildman–Crippen MR) is 85.8 cm³/mol. The number of anilines is 1. The van der Waals surface area contributed by atoms with Crippen molar-refractivity contribution in [2.75, 3.05) is 18.0 Å². The van der Waals surface area contributed by atoms with Crippen LogP contribution in [0.2, 0.25) is 0 Å². The molecule has 1 amide bonds. The summed E-state index contributed by atoms with van der Waals surface area (Å²) in [5.41, 5.74) is 1.23. The zero-order chi connectivity index (χ0) is 15.5. The SMILES string of the molecule is Cc1[nH]nc(C(=O)NC2CCCN(c3ncccn3)C2)c1Br. The first-order valence-corrected chi connectivity index (χ1v) is 7.97. The fourth-order valence-electron chi connectivity index (χ4n) is 2.55. The van der Waals surface area contributed by atoms with Gasteiger partial charge in [-0.1, -0.05) is 0 Å². The first-order chi connectivity index (χ1) is 10.6. The largest absolute Gasteiger partial charge is 0.346 e. The molecule has 22 heavy (non-hydrogen) atoms. The molecule has 0 saturated carbocycles. The lowest BCUT2D eigenvalue weighted by molar-refractivity contribution is 0.0927. The number of aromatic amines is 1. The maximum Gasteiger partial charge on any atom is 0.273 e. The highest BCUT2D eigenvalue weighted by Gasteiger charge is 2.25. The van der Waals surface area contributed by atoms with Gasteiger partial charge in [0.15, 0.2) is 5.69 Å². The third-order valence-corrected chi connectivity index (χ3v) is 4.65. The highest BCUT2D eigenvalue weighted by Crippen LogP contribution is 2.19. The van der Waals surface area contributed by atoms with Gasteiger partial charge in [-0.25, -0.2) is 9.97 Å². The molecule has 2 aromatic heterocycles. The van der Waals surface area contributed by atoms with Crippen LogP contribution in [0.5, 0.6) is 0 Å². The van der Waals surface area contributed by atoms with Crippen molar-refractivity contribution in [2.45, 2.75) is 25.8 Å². The molecule has 0 spiro atoms. The zero-order valence-corrected chi connectivity index (χ0v) is 13.8. The number of hydrogen-bond acceptors (Lipinski definition) is 5. The molecular weight excluding hydrogens is 348 g/mol. The first kappa shape index (κ1) is 15.0. The second kappa shape index (κ2) is 6.43. The van der Waals surface area contributed by atoms with Gasteiger partial charge in [0.05, 0.1) is 4.47 Å². The van der Waals surface area contributed by atoms with Gasteiger partial charge in [-0.15, -0.1) is 0 Å². The molecule has 2 N–H and O–H groups in total. The number of nitrogens with zero attached hydrogens (tertiary/aromatic N) is 4. The molecule has 1 atom stereocenters. The van der Waals surface area contributed by atoms with Crippen LogP contribution in [0.25, 0.3) is 0 Å². The maximum atomic E-state index is 12.3. The zero-order valence-electron chi connectivity index (χ0n) is 12.2. The van der Waals surface area contributed by atoms with Crippen molar-refractivity contribution in [2.24, 2.45) is 0 Å². The number of rotatable bonds is 3. The molecule has 0 aromatic carbocycles. The Kier molecular flexibility index (Phi) is 4.37. The number of hydrogen-bond donors (Lipinski definition) is 2. The summed E-state index contributed by atoms with van der Waals surface area (Å²) < 4.78 is 0.712. The molecule has 8 heteroatoms. The van der Waals surface area contributed by atoms with Gasteiger partial charge in [0.25, 0.3) is 5.91 Å². The minimum Gasteiger partial charge on any atom is -0.346 e. The molecule has 0 radical (unpaired) electrons. The lowest BCUT2D eigenvalue weighted by Crippen LogP contribution is -2.48. The number of carbonyl (C=O) groups is 1. The van der Waals surface area contributed by atoms with Crippen LogP contribution in [0, 0.1) is 6.92 Å². The van der Waals surface area contributed by atoms with Crippen LogP contribution in [-0.2, 0) is 0 Å². The smallest absolute Gasteiger partial charge is 0.273 e. The maximum absolute atomic E-state index is 12.3. The molecule has 1 aliphatic rings. The summed E-state index contributed by atoms with van der Waals surface area (Å²) in [6.45, 7) is 3.47.